The molecule has 0 aliphatic carbocycles. The molecule has 0 fully saturated rings. The molecule has 0 aliphatic rings. The molecule has 3 nitrogen and oxygen atoms in total. The fourth-order valence-electron chi connectivity index (χ4n) is 1.72. The maximum absolute atomic E-state index is 5.33. The Morgan fingerprint density at radius 2 is 1.62 bits per heavy atom. The Balaban J connectivity index is 3.10. The van der Waals surface area contributed by atoms with Crippen LogP contribution in [0.5, 0.6) is 5.75 Å². The highest BCUT2D eigenvalue weighted by Gasteiger charge is 2.13. The third-order valence-corrected chi connectivity index (χ3v) is 2.58. The van der Waals surface area contributed by atoms with Crippen molar-refractivity contribution in [1.82, 2.24) is 0 Å². The molecular weight excluding hydrogens is 204 g/mol. The number of ether oxygens (including phenoxy) is 3. The van der Waals surface area contributed by atoms with Gasteiger partial charge < -0.3 is 14.2 Å². The number of hydrogen-bond donors (Lipinski definition) is 0. The Bertz CT molecular complexity index is 330. The molecule has 0 bridgehead atoms. The minimum Gasteiger partial charge on any atom is -0.496 e. The first-order chi connectivity index (χ1) is 7.63. The standard InChI is InChI=1S/C13H20O3/c1-9(2)11-8-10(13(15-4)16-5)6-7-12(11)14-3/h6-9,13H,1-5H3. The summed E-state index contributed by atoms with van der Waals surface area (Å²) in [5.41, 5.74) is 2.17. The molecule has 1 aromatic carbocycles. The molecule has 0 aliphatic heterocycles. The summed E-state index contributed by atoms with van der Waals surface area (Å²) in [6, 6.07) is 5.99. The van der Waals surface area contributed by atoms with Gasteiger partial charge in [-0.05, 0) is 23.6 Å². The SMILES string of the molecule is COc1ccc(C(OC)OC)cc1C(C)C. The maximum atomic E-state index is 5.33. The highest BCUT2D eigenvalue weighted by Crippen LogP contribution is 2.30. The summed E-state index contributed by atoms with van der Waals surface area (Å²) in [7, 11) is 4.95. The molecule has 0 saturated carbocycles. The lowest BCUT2D eigenvalue weighted by atomic mass is 9.99. The molecule has 0 unspecified atom stereocenters. The van der Waals surface area contributed by atoms with E-state index in [1.165, 1.54) is 5.56 Å². The van der Waals surface area contributed by atoms with Crippen LogP contribution in [0.15, 0.2) is 18.2 Å². The Morgan fingerprint density at radius 1 is 1.00 bits per heavy atom. The van der Waals surface area contributed by atoms with Crippen molar-refractivity contribution < 1.29 is 14.2 Å². The van der Waals surface area contributed by atoms with Gasteiger partial charge in [0.25, 0.3) is 0 Å². The van der Waals surface area contributed by atoms with E-state index >= 15 is 0 Å². The normalized spacial score (nSPS) is 11.2. The van der Waals surface area contributed by atoms with Gasteiger partial charge in [0.15, 0.2) is 6.29 Å². The van der Waals surface area contributed by atoms with Crippen LogP contribution in [0.2, 0.25) is 0 Å². The molecule has 1 rings (SSSR count). The zero-order valence-electron chi connectivity index (χ0n) is 10.6. The van der Waals surface area contributed by atoms with Crippen molar-refractivity contribution >= 4 is 0 Å². The van der Waals surface area contributed by atoms with Crippen LogP contribution >= 0.6 is 0 Å². The summed E-state index contributed by atoms with van der Waals surface area (Å²) in [5.74, 6) is 1.31. The zero-order valence-corrected chi connectivity index (χ0v) is 10.6. The second-order valence-corrected chi connectivity index (χ2v) is 3.96. The first-order valence-corrected chi connectivity index (χ1v) is 5.37. The molecule has 90 valence electrons. The molecule has 16 heavy (non-hydrogen) atoms. The van der Waals surface area contributed by atoms with Gasteiger partial charge in [0, 0.05) is 19.8 Å². The molecule has 3 heteroatoms. The number of benzene rings is 1. The van der Waals surface area contributed by atoms with Crippen LogP contribution in [0.1, 0.15) is 37.2 Å². The molecule has 0 saturated heterocycles. The molecule has 0 aromatic heterocycles. The van der Waals surface area contributed by atoms with Crippen LogP contribution in [0, 0.1) is 0 Å². The van der Waals surface area contributed by atoms with Crippen molar-refractivity contribution in [2.45, 2.75) is 26.1 Å². The van der Waals surface area contributed by atoms with Crippen LogP contribution in [0.25, 0.3) is 0 Å². The lowest BCUT2D eigenvalue weighted by Crippen LogP contribution is -2.05. The third-order valence-electron chi connectivity index (χ3n) is 2.58. The second-order valence-electron chi connectivity index (χ2n) is 3.96. The topological polar surface area (TPSA) is 27.7 Å². The largest absolute Gasteiger partial charge is 0.496 e. The van der Waals surface area contributed by atoms with Gasteiger partial charge in [0.1, 0.15) is 5.75 Å². The first-order valence-electron chi connectivity index (χ1n) is 5.37. The lowest BCUT2D eigenvalue weighted by Gasteiger charge is -2.18. The summed E-state index contributed by atoms with van der Waals surface area (Å²) < 4.78 is 15.8. The molecule has 0 atom stereocenters. The first kappa shape index (κ1) is 13.0. The van der Waals surface area contributed by atoms with Crippen LogP contribution in [0.4, 0.5) is 0 Å². The summed E-state index contributed by atoms with van der Waals surface area (Å²) in [5, 5.41) is 0. The minimum atomic E-state index is -0.316. The molecule has 0 radical (unpaired) electrons. The van der Waals surface area contributed by atoms with E-state index in [0.29, 0.717) is 5.92 Å². The molecule has 0 heterocycles. The van der Waals surface area contributed by atoms with E-state index in [4.69, 9.17) is 14.2 Å². The van der Waals surface area contributed by atoms with Gasteiger partial charge in [0.2, 0.25) is 0 Å². The summed E-state index contributed by atoms with van der Waals surface area (Å²) in [4.78, 5) is 0. The average Bonchev–Trinajstić information content (AvgIpc) is 2.30. The van der Waals surface area contributed by atoms with Crippen molar-refractivity contribution in [2.24, 2.45) is 0 Å². The van der Waals surface area contributed by atoms with Gasteiger partial charge >= 0.3 is 0 Å². The van der Waals surface area contributed by atoms with Gasteiger partial charge in [-0.1, -0.05) is 19.9 Å². The smallest absolute Gasteiger partial charge is 0.183 e. The van der Waals surface area contributed by atoms with Gasteiger partial charge in [-0.3, -0.25) is 0 Å². The van der Waals surface area contributed by atoms with Crippen LogP contribution in [-0.2, 0) is 9.47 Å². The van der Waals surface area contributed by atoms with Gasteiger partial charge in [0.05, 0.1) is 7.11 Å². The van der Waals surface area contributed by atoms with Crippen LogP contribution < -0.4 is 4.74 Å². The monoisotopic (exact) mass is 224 g/mol. The van der Waals surface area contributed by atoms with Crippen molar-refractivity contribution in [2.75, 3.05) is 21.3 Å². The van der Waals surface area contributed by atoms with Crippen molar-refractivity contribution in [3.8, 4) is 5.75 Å². The minimum absolute atomic E-state index is 0.316. The third kappa shape index (κ3) is 2.74. The van der Waals surface area contributed by atoms with Crippen LogP contribution in [-0.4, -0.2) is 21.3 Å². The van der Waals surface area contributed by atoms with E-state index in [1.54, 1.807) is 21.3 Å². The molecular formula is C13H20O3. The van der Waals surface area contributed by atoms with Crippen molar-refractivity contribution in [3.63, 3.8) is 0 Å². The fraction of sp³-hybridized carbons (Fsp3) is 0.538. The summed E-state index contributed by atoms with van der Waals surface area (Å²) in [6.07, 6.45) is -0.316. The van der Waals surface area contributed by atoms with Gasteiger partial charge in [-0.25, -0.2) is 0 Å². The quantitative estimate of drug-likeness (QED) is 0.719. The molecule has 0 N–H and O–H groups in total. The predicted molar refractivity (Wildman–Crippen MR) is 63.8 cm³/mol. The van der Waals surface area contributed by atoms with E-state index in [2.05, 4.69) is 19.9 Å². The Kier molecular flexibility index (Phi) is 4.77. The van der Waals surface area contributed by atoms with Gasteiger partial charge in [-0.2, -0.15) is 0 Å². The van der Waals surface area contributed by atoms with E-state index in [0.717, 1.165) is 11.3 Å². The molecule has 0 amide bonds. The zero-order chi connectivity index (χ0) is 12.1. The summed E-state index contributed by atoms with van der Waals surface area (Å²) >= 11 is 0. The highest BCUT2D eigenvalue weighted by molar-refractivity contribution is 5.39. The number of hydrogen-bond acceptors (Lipinski definition) is 3. The van der Waals surface area contributed by atoms with Crippen molar-refractivity contribution in [1.29, 1.82) is 0 Å². The Morgan fingerprint density at radius 3 is 2.06 bits per heavy atom. The van der Waals surface area contributed by atoms with E-state index in [-0.39, 0.29) is 6.29 Å². The molecule has 1 aromatic rings. The molecule has 0 spiro atoms. The van der Waals surface area contributed by atoms with Gasteiger partial charge in [-0.15, -0.1) is 0 Å². The second kappa shape index (κ2) is 5.87. The average molecular weight is 224 g/mol. The lowest BCUT2D eigenvalue weighted by molar-refractivity contribution is -0.106. The summed E-state index contributed by atoms with van der Waals surface area (Å²) in [6.45, 7) is 4.27. The fourth-order valence-corrected chi connectivity index (χ4v) is 1.72. The Hall–Kier alpha value is -1.06. The van der Waals surface area contributed by atoms with Crippen LogP contribution in [0.3, 0.4) is 0 Å². The Labute approximate surface area is 97.3 Å². The van der Waals surface area contributed by atoms with E-state index < -0.39 is 0 Å². The highest BCUT2D eigenvalue weighted by atomic mass is 16.7. The van der Waals surface area contributed by atoms with Crippen molar-refractivity contribution in [3.05, 3.63) is 29.3 Å². The number of methoxy groups -OCH3 is 3. The van der Waals surface area contributed by atoms with E-state index in [9.17, 15) is 0 Å². The predicted octanol–water partition coefficient (Wildman–Crippen LogP) is 3.11. The van der Waals surface area contributed by atoms with E-state index in [1.807, 2.05) is 12.1 Å². The maximum Gasteiger partial charge on any atom is 0.183 e. The number of rotatable bonds is 5.